The van der Waals surface area contributed by atoms with Crippen molar-refractivity contribution in [2.45, 2.75) is 37.5 Å². The van der Waals surface area contributed by atoms with E-state index in [1.807, 2.05) is 0 Å². The van der Waals surface area contributed by atoms with E-state index in [0.29, 0.717) is 6.42 Å². The second kappa shape index (κ2) is 2.64. The van der Waals surface area contributed by atoms with Crippen LogP contribution in [0.5, 0.6) is 0 Å². The molecule has 1 aliphatic rings. The minimum absolute atomic E-state index is 0.117. The molecule has 3 nitrogen and oxygen atoms in total. The Morgan fingerprint density at radius 3 is 2.33 bits per heavy atom. The molecule has 1 saturated carbocycles. The highest BCUT2D eigenvalue weighted by Crippen LogP contribution is 2.16. The predicted molar refractivity (Wildman–Crippen MR) is 33.8 cm³/mol. The molecule has 1 fully saturated rings. The highest BCUT2D eigenvalue weighted by atomic mass is 16.3. The topological polar surface area (TPSA) is 66.5 Å². The lowest BCUT2D eigenvalue weighted by Crippen LogP contribution is -2.41. The minimum Gasteiger partial charge on any atom is -0.393 e. The van der Waals surface area contributed by atoms with Gasteiger partial charge >= 0.3 is 0 Å². The Kier molecular flexibility index (Phi) is 2.05. The molecule has 1 aliphatic carbocycles. The number of hydrogen-bond acceptors (Lipinski definition) is 3. The molecule has 0 aromatic carbocycles. The van der Waals surface area contributed by atoms with Gasteiger partial charge < -0.3 is 15.9 Å². The summed E-state index contributed by atoms with van der Waals surface area (Å²) in [6.07, 6.45) is 1.09. The maximum absolute atomic E-state index is 9.06. The van der Waals surface area contributed by atoms with E-state index in [2.05, 4.69) is 0 Å². The summed E-state index contributed by atoms with van der Waals surface area (Å²) in [5.41, 5.74) is 5.48. The first-order valence-corrected chi connectivity index (χ1v) is 3.32. The van der Waals surface area contributed by atoms with E-state index in [0.717, 1.165) is 12.8 Å². The molecule has 3 heteroatoms. The summed E-state index contributed by atoms with van der Waals surface area (Å²) in [4.78, 5) is 0. The van der Waals surface area contributed by atoms with Gasteiger partial charge in [-0.2, -0.15) is 0 Å². The standard InChI is InChI=1S/C6H13NO2/c7-5-2-1-4(8)3-6(5)9/h4-6,8-9H,1-3,7H2. The van der Waals surface area contributed by atoms with Crippen molar-refractivity contribution in [3.8, 4) is 0 Å². The Bertz CT molecular complexity index is 97.1. The van der Waals surface area contributed by atoms with E-state index in [1.54, 1.807) is 0 Å². The molecule has 0 aromatic rings. The van der Waals surface area contributed by atoms with Gasteiger partial charge in [0.25, 0.3) is 0 Å². The molecule has 0 amide bonds. The van der Waals surface area contributed by atoms with Crippen LogP contribution in [-0.2, 0) is 0 Å². The van der Waals surface area contributed by atoms with Gasteiger partial charge in [0.1, 0.15) is 0 Å². The maximum atomic E-state index is 9.06. The summed E-state index contributed by atoms with van der Waals surface area (Å²) < 4.78 is 0. The van der Waals surface area contributed by atoms with Crippen molar-refractivity contribution in [3.63, 3.8) is 0 Å². The van der Waals surface area contributed by atoms with Gasteiger partial charge in [0, 0.05) is 12.5 Å². The van der Waals surface area contributed by atoms with Crippen LogP contribution >= 0.6 is 0 Å². The van der Waals surface area contributed by atoms with Crippen molar-refractivity contribution in [1.82, 2.24) is 0 Å². The molecule has 0 heterocycles. The largest absolute Gasteiger partial charge is 0.393 e. The monoisotopic (exact) mass is 131 g/mol. The molecule has 0 aromatic heterocycles. The average molecular weight is 131 g/mol. The van der Waals surface area contributed by atoms with Crippen LogP contribution in [0.1, 0.15) is 19.3 Å². The van der Waals surface area contributed by atoms with Gasteiger partial charge in [-0.15, -0.1) is 0 Å². The number of hydrogen-bond donors (Lipinski definition) is 3. The first-order chi connectivity index (χ1) is 4.20. The molecule has 3 unspecified atom stereocenters. The quantitative estimate of drug-likeness (QED) is 0.404. The van der Waals surface area contributed by atoms with Crippen molar-refractivity contribution in [2.24, 2.45) is 5.73 Å². The molecular weight excluding hydrogens is 118 g/mol. The Labute approximate surface area is 54.5 Å². The zero-order valence-electron chi connectivity index (χ0n) is 5.33. The van der Waals surface area contributed by atoms with Crippen LogP contribution in [0.2, 0.25) is 0 Å². The molecule has 0 radical (unpaired) electrons. The molecule has 4 N–H and O–H groups in total. The zero-order valence-corrected chi connectivity index (χ0v) is 5.33. The van der Waals surface area contributed by atoms with Crippen LogP contribution in [-0.4, -0.2) is 28.5 Å². The van der Waals surface area contributed by atoms with E-state index < -0.39 is 6.10 Å². The molecule has 9 heavy (non-hydrogen) atoms. The molecule has 0 bridgehead atoms. The zero-order chi connectivity index (χ0) is 6.85. The molecule has 0 aliphatic heterocycles. The maximum Gasteiger partial charge on any atom is 0.0715 e. The first kappa shape index (κ1) is 6.99. The Hall–Kier alpha value is -0.120. The summed E-state index contributed by atoms with van der Waals surface area (Å²) in [6, 6.07) is -0.117. The summed E-state index contributed by atoms with van der Waals surface area (Å²) in [6.45, 7) is 0. The van der Waals surface area contributed by atoms with Crippen LogP contribution in [0.25, 0.3) is 0 Å². The molecule has 0 saturated heterocycles. The normalized spacial score (nSPS) is 45.0. The van der Waals surface area contributed by atoms with E-state index in [9.17, 15) is 0 Å². The summed E-state index contributed by atoms with van der Waals surface area (Å²) in [7, 11) is 0. The highest BCUT2D eigenvalue weighted by Gasteiger charge is 2.24. The van der Waals surface area contributed by atoms with Crippen LogP contribution < -0.4 is 5.73 Å². The van der Waals surface area contributed by atoms with Crippen LogP contribution in [0.3, 0.4) is 0 Å². The Balaban J connectivity index is 2.35. The smallest absolute Gasteiger partial charge is 0.0715 e. The third-order valence-corrected chi connectivity index (χ3v) is 1.84. The minimum atomic E-state index is -0.492. The number of rotatable bonds is 0. The SMILES string of the molecule is NC1CCC(O)CC1O. The van der Waals surface area contributed by atoms with Crippen molar-refractivity contribution < 1.29 is 10.2 Å². The Morgan fingerprint density at radius 1 is 1.22 bits per heavy atom. The lowest BCUT2D eigenvalue weighted by molar-refractivity contribution is 0.0273. The second-order valence-corrected chi connectivity index (χ2v) is 2.70. The predicted octanol–water partition coefficient (Wildman–Crippen LogP) is -0.781. The second-order valence-electron chi connectivity index (χ2n) is 2.70. The lowest BCUT2D eigenvalue weighted by Gasteiger charge is -2.27. The summed E-state index contributed by atoms with van der Waals surface area (Å²) >= 11 is 0. The van der Waals surface area contributed by atoms with Gasteiger partial charge in [-0.1, -0.05) is 0 Å². The van der Waals surface area contributed by atoms with Gasteiger partial charge in [-0.3, -0.25) is 0 Å². The molecule has 54 valence electrons. The fourth-order valence-electron chi connectivity index (χ4n) is 1.15. The number of aliphatic hydroxyl groups is 2. The van der Waals surface area contributed by atoms with Crippen LogP contribution in [0, 0.1) is 0 Å². The number of nitrogens with two attached hydrogens (primary N) is 1. The number of aliphatic hydroxyl groups excluding tert-OH is 2. The third-order valence-electron chi connectivity index (χ3n) is 1.84. The van der Waals surface area contributed by atoms with Crippen molar-refractivity contribution in [3.05, 3.63) is 0 Å². The summed E-state index contributed by atoms with van der Waals surface area (Å²) in [5.74, 6) is 0. The molecule has 3 atom stereocenters. The van der Waals surface area contributed by atoms with Gasteiger partial charge in [0.2, 0.25) is 0 Å². The Morgan fingerprint density at radius 2 is 1.89 bits per heavy atom. The molecule has 0 spiro atoms. The van der Waals surface area contributed by atoms with E-state index in [4.69, 9.17) is 15.9 Å². The summed E-state index contributed by atoms with van der Waals surface area (Å²) in [5, 5.41) is 18.0. The van der Waals surface area contributed by atoms with Gasteiger partial charge in [-0.05, 0) is 12.8 Å². The van der Waals surface area contributed by atoms with Gasteiger partial charge in [0.15, 0.2) is 0 Å². The van der Waals surface area contributed by atoms with Crippen molar-refractivity contribution in [2.75, 3.05) is 0 Å². The highest BCUT2D eigenvalue weighted by molar-refractivity contribution is 4.81. The van der Waals surface area contributed by atoms with Crippen LogP contribution in [0.15, 0.2) is 0 Å². The fourth-order valence-corrected chi connectivity index (χ4v) is 1.15. The lowest BCUT2D eigenvalue weighted by atomic mass is 9.91. The van der Waals surface area contributed by atoms with Crippen molar-refractivity contribution >= 4 is 0 Å². The first-order valence-electron chi connectivity index (χ1n) is 3.32. The van der Waals surface area contributed by atoms with Crippen LogP contribution in [0.4, 0.5) is 0 Å². The van der Waals surface area contributed by atoms with Gasteiger partial charge in [-0.25, -0.2) is 0 Å². The molecule has 1 rings (SSSR count). The van der Waals surface area contributed by atoms with E-state index >= 15 is 0 Å². The average Bonchev–Trinajstić information content (AvgIpc) is 1.80. The van der Waals surface area contributed by atoms with Crippen molar-refractivity contribution in [1.29, 1.82) is 0 Å². The third kappa shape index (κ3) is 1.64. The van der Waals surface area contributed by atoms with E-state index in [-0.39, 0.29) is 12.1 Å². The molecular formula is C6H13NO2. The van der Waals surface area contributed by atoms with Gasteiger partial charge in [0.05, 0.1) is 12.2 Å². The fraction of sp³-hybridized carbons (Fsp3) is 1.00. The van der Waals surface area contributed by atoms with E-state index in [1.165, 1.54) is 0 Å².